The first-order valence-electron chi connectivity index (χ1n) is 8.92. The molecule has 7 nitrogen and oxygen atoms in total. The molecular weight excluding hydrogens is 318 g/mol. The fourth-order valence-corrected chi connectivity index (χ4v) is 3.70. The van der Waals surface area contributed by atoms with E-state index in [9.17, 15) is 4.79 Å². The molecule has 0 saturated heterocycles. The molecule has 2 aliphatic rings. The van der Waals surface area contributed by atoms with Crippen LogP contribution in [0.4, 0.5) is 0 Å². The number of hydrogen-bond donors (Lipinski definition) is 1. The molecule has 0 fully saturated rings. The van der Waals surface area contributed by atoms with E-state index in [1.54, 1.807) is 0 Å². The van der Waals surface area contributed by atoms with E-state index in [1.807, 2.05) is 31.9 Å². The van der Waals surface area contributed by atoms with Gasteiger partial charge >= 0.3 is 0 Å². The highest BCUT2D eigenvalue weighted by atomic mass is 16.5. The number of fused-ring (bicyclic) bond motifs is 2. The third-order valence-corrected chi connectivity index (χ3v) is 5.02. The average Bonchev–Trinajstić information content (AvgIpc) is 3.04. The van der Waals surface area contributed by atoms with E-state index < -0.39 is 0 Å². The molecule has 2 atom stereocenters. The number of aromatic nitrogens is 4. The van der Waals surface area contributed by atoms with E-state index in [4.69, 9.17) is 4.74 Å². The highest BCUT2D eigenvalue weighted by molar-refractivity contribution is 5.94. The van der Waals surface area contributed by atoms with Gasteiger partial charge in [0.05, 0.1) is 23.6 Å². The van der Waals surface area contributed by atoms with Crippen LogP contribution in [0.3, 0.4) is 0 Å². The van der Waals surface area contributed by atoms with Crippen LogP contribution in [0.1, 0.15) is 65.7 Å². The van der Waals surface area contributed by atoms with Crippen LogP contribution in [-0.2, 0) is 30.5 Å². The second kappa shape index (κ2) is 6.22. The van der Waals surface area contributed by atoms with Crippen molar-refractivity contribution < 1.29 is 9.53 Å². The average molecular weight is 341 g/mol. The van der Waals surface area contributed by atoms with Crippen molar-refractivity contribution in [2.24, 2.45) is 0 Å². The fourth-order valence-electron chi connectivity index (χ4n) is 3.70. The first kappa shape index (κ1) is 16.2. The smallest absolute Gasteiger partial charge is 0.274 e. The second-order valence-corrected chi connectivity index (χ2v) is 6.85. The summed E-state index contributed by atoms with van der Waals surface area (Å²) in [6, 6.07) is 0. The minimum Gasteiger partial charge on any atom is -0.369 e. The molecule has 1 N–H and O–H groups in total. The van der Waals surface area contributed by atoms with Crippen LogP contribution in [0, 0.1) is 0 Å². The molecule has 0 radical (unpaired) electrons. The molecule has 2 aromatic rings. The summed E-state index contributed by atoms with van der Waals surface area (Å²) in [5.41, 5.74) is 4.56. The maximum absolute atomic E-state index is 13.0. The van der Waals surface area contributed by atoms with Gasteiger partial charge in [-0.15, -0.1) is 0 Å². The van der Waals surface area contributed by atoms with Gasteiger partial charge < -0.3 is 9.64 Å². The van der Waals surface area contributed by atoms with Crippen LogP contribution in [0.25, 0.3) is 0 Å². The minimum atomic E-state index is -0.0595. The van der Waals surface area contributed by atoms with Crippen LogP contribution in [0.5, 0.6) is 0 Å². The number of H-pyrrole nitrogens is 1. The van der Waals surface area contributed by atoms with E-state index in [0.29, 0.717) is 25.2 Å². The minimum absolute atomic E-state index is 0.0241. The summed E-state index contributed by atoms with van der Waals surface area (Å²) in [5.74, 6) is 0.840. The van der Waals surface area contributed by atoms with Crippen molar-refractivity contribution in [3.05, 3.63) is 40.2 Å². The van der Waals surface area contributed by atoms with Crippen molar-refractivity contribution in [2.75, 3.05) is 6.54 Å². The molecule has 0 saturated carbocycles. The van der Waals surface area contributed by atoms with Crippen molar-refractivity contribution in [2.45, 2.75) is 58.8 Å². The molecule has 2 aliphatic heterocycles. The van der Waals surface area contributed by atoms with Crippen molar-refractivity contribution in [1.29, 1.82) is 0 Å². The van der Waals surface area contributed by atoms with Crippen LogP contribution in [-0.4, -0.2) is 43.6 Å². The van der Waals surface area contributed by atoms with Crippen molar-refractivity contribution in [1.82, 2.24) is 25.1 Å². The molecule has 0 aromatic carbocycles. The van der Waals surface area contributed by atoms with Crippen molar-refractivity contribution in [3.8, 4) is 0 Å². The summed E-state index contributed by atoms with van der Waals surface area (Å²) in [6.07, 6.45) is 4.20. The number of ether oxygens (including phenoxy) is 1. The van der Waals surface area contributed by atoms with E-state index in [0.717, 1.165) is 41.2 Å². The van der Waals surface area contributed by atoms with Crippen LogP contribution in [0.15, 0.2) is 6.20 Å². The zero-order chi connectivity index (χ0) is 17.6. The summed E-state index contributed by atoms with van der Waals surface area (Å²) in [4.78, 5) is 23.8. The van der Waals surface area contributed by atoms with Gasteiger partial charge in [0.2, 0.25) is 0 Å². The standard InChI is InChI=1S/C18H23N5O2/c1-4-15-19-8-12-9-23(6-5-14(12)20-15)18(24)17-13-7-10(2)25-11(3)16(13)21-22-17/h8,10-11H,4-7,9H2,1-3H3,(H,21,22)/t10-,11+/m0/s1. The Kier molecular flexibility index (Phi) is 4.03. The van der Waals surface area contributed by atoms with Gasteiger partial charge in [0, 0.05) is 49.7 Å². The molecule has 132 valence electrons. The lowest BCUT2D eigenvalue weighted by Gasteiger charge is -2.29. The number of nitrogens with one attached hydrogen (secondary N) is 1. The number of nitrogens with zero attached hydrogens (tertiary/aromatic N) is 4. The molecule has 7 heteroatoms. The Morgan fingerprint density at radius 3 is 3.08 bits per heavy atom. The largest absolute Gasteiger partial charge is 0.369 e. The van der Waals surface area contributed by atoms with E-state index >= 15 is 0 Å². The quantitative estimate of drug-likeness (QED) is 0.903. The number of aryl methyl sites for hydroxylation is 1. The van der Waals surface area contributed by atoms with E-state index in [2.05, 4.69) is 20.2 Å². The number of hydrogen-bond acceptors (Lipinski definition) is 5. The highest BCUT2D eigenvalue weighted by Gasteiger charge is 2.32. The summed E-state index contributed by atoms with van der Waals surface area (Å²) >= 11 is 0. The summed E-state index contributed by atoms with van der Waals surface area (Å²) in [7, 11) is 0. The summed E-state index contributed by atoms with van der Waals surface area (Å²) in [6.45, 7) is 7.27. The number of carbonyl (C=O) groups is 1. The molecule has 25 heavy (non-hydrogen) atoms. The lowest BCUT2D eigenvalue weighted by Crippen LogP contribution is -2.37. The van der Waals surface area contributed by atoms with Gasteiger partial charge in [-0.2, -0.15) is 5.10 Å². The van der Waals surface area contributed by atoms with Gasteiger partial charge in [0.25, 0.3) is 5.91 Å². The number of aromatic amines is 1. The van der Waals surface area contributed by atoms with Gasteiger partial charge in [0.1, 0.15) is 5.82 Å². The van der Waals surface area contributed by atoms with Crippen molar-refractivity contribution >= 4 is 5.91 Å². The molecule has 2 aromatic heterocycles. The Morgan fingerprint density at radius 1 is 1.44 bits per heavy atom. The van der Waals surface area contributed by atoms with Gasteiger partial charge in [-0.1, -0.05) is 6.92 Å². The molecule has 1 amide bonds. The predicted octanol–water partition coefficient (Wildman–Crippen LogP) is 1.98. The summed E-state index contributed by atoms with van der Waals surface area (Å²) < 4.78 is 5.81. The van der Waals surface area contributed by atoms with Gasteiger partial charge in [-0.25, -0.2) is 9.97 Å². The molecule has 0 aliphatic carbocycles. The highest BCUT2D eigenvalue weighted by Crippen LogP contribution is 2.31. The van der Waals surface area contributed by atoms with Gasteiger partial charge in [-0.05, 0) is 13.8 Å². The topological polar surface area (TPSA) is 84.0 Å². The SMILES string of the molecule is CCc1ncc2c(n1)CCN(C(=O)c1n[nH]c3c1C[C@H](C)O[C@@H]3C)C2. The maximum atomic E-state index is 13.0. The third kappa shape index (κ3) is 2.82. The van der Waals surface area contributed by atoms with E-state index in [-0.39, 0.29) is 18.1 Å². The lowest BCUT2D eigenvalue weighted by molar-refractivity contribution is -0.00702. The third-order valence-electron chi connectivity index (χ3n) is 5.02. The molecule has 4 heterocycles. The molecule has 4 rings (SSSR count). The molecule has 0 unspecified atom stereocenters. The van der Waals surface area contributed by atoms with Crippen LogP contribution in [0.2, 0.25) is 0 Å². The van der Waals surface area contributed by atoms with Gasteiger partial charge in [0.15, 0.2) is 5.69 Å². The Labute approximate surface area is 146 Å². The van der Waals surface area contributed by atoms with Crippen LogP contribution < -0.4 is 0 Å². The first-order valence-corrected chi connectivity index (χ1v) is 8.92. The van der Waals surface area contributed by atoms with E-state index in [1.165, 1.54) is 0 Å². The maximum Gasteiger partial charge on any atom is 0.274 e. The number of carbonyl (C=O) groups excluding carboxylic acids is 1. The Morgan fingerprint density at radius 2 is 2.28 bits per heavy atom. The zero-order valence-electron chi connectivity index (χ0n) is 14.9. The Balaban J connectivity index is 1.58. The fraction of sp³-hybridized carbons (Fsp3) is 0.556. The zero-order valence-corrected chi connectivity index (χ0v) is 14.9. The Hall–Kier alpha value is -2.28. The molecule has 0 spiro atoms. The first-order chi connectivity index (χ1) is 12.1. The molecule has 0 bridgehead atoms. The Bertz CT molecular complexity index is 816. The lowest BCUT2D eigenvalue weighted by atomic mass is 9.98. The predicted molar refractivity (Wildman–Crippen MR) is 91.1 cm³/mol. The monoisotopic (exact) mass is 341 g/mol. The second-order valence-electron chi connectivity index (χ2n) is 6.85. The summed E-state index contributed by atoms with van der Waals surface area (Å²) in [5, 5.41) is 7.32. The van der Waals surface area contributed by atoms with Gasteiger partial charge in [-0.3, -0.25) is 9.89 Å². The number of amides is 1. The van der Waals surface area contributed by atoms with Crippen LogP contribution >= 0.6 is 0 Å². The normalized spacial score (nSPS) is 22.4. The number of rotatable bonds is 2. The molecular formula is C18H23N5O2. The van der Waals surface area contributed by atoms with Crippen molar-refractivity contribution in [3.63, 3.8) is 0 Å².